The number of quaternary nitrogens is 1. The van der Waals surface area contributed by atoms with E-state index in [2.05, 4.69) is 16.3 Å². The topological polar surface area (TPSA) is 36.8 Å². The summed E-state index contributed by atoms with van der Waals surface area (Å²) in [5.74, 6) is 0.138. The van der Waals surface area contributed by atoms with E-state index < -0.39 is 0 Å². The standard InChI is InChI=1S/C17H26ClN3O/c1-13(16(22)19-17(2,3)4)20-8-10-21(11-9-20)15-7-5-6-14(18)12-15/h5-7,12-13H,8-11H2,1-4H3,(H,19,22)/p+1/t13-/m1/s1. The summed E-state index contributed by atoms with van der Waals surface area (Å²) in [6, 6.07) is 7.96. The van der Waals surface area contributed by atoms with E-state index in [9.17, 15) is 4.79 Å². The number of carbonyl (C=O) groups excluding carboxylic acids is 1. The predicted octanol–water partition coefficient (Wildman–Crippen LogP) is 1.35. The molecule has 2 rings (SSSR count). The quantitative estimate of drug-likeness (QED) is 0.880. The molecule has 0 aromatic heterocycles. The fourth-order valence-electron chi connectivity index (χ4n) is 2.82. The van der Waals surface area contributed by atoms with Crippen LogP contribution in [0.5, 0.6) is 0 Å². The molecule has 1 aromatic carbocycles. The van der Waals surface area contributed by atoms with Gasteiger partial charge in [0.2, 0.25) is 0 Å². The van der Waals surface area contributed by atoms with E-state index in [1.54, 1.807) is 0 Å². The molecule has 5 heteroatoms. The minimum absolute atomic E-state index is 0.0132. The van der Waals surface area contributed by atoms with Crippen LogP contribution < -0.4 is 15.1 Å². The molecule has 0 bridgehead atoms. The van der Waals surface area contributed by atoms with Gasteiger partial charge in [0.05, 0.1) is 26.2 Å². The van der Waals surface area contributed by atoms with Gasteiger partial charge in [-0.25, -0.2) is 0 Å². The van der Waals surface area contributed by atoms with E-state index in [1.807, 2.05) is 45.9 Å². The van der Waals surface area contributed by atoms with E-state index in [4.69, 9.17) is 11.6 Å². The smallest absolute Gasteiger partial charge is 0.278 e. The molecule has 1 heterocycles. The number of halogens is 1. The van der Waals surface area contributed by atoms with Gasteiger partial charge in [-0.15, -0.1) is 0 Å². The zero-order valence-electron chi connectivity index (χ0n) is 13.9. The number of nitrogens with zero attached hydrogens (tertiary/aromatic N) is 1. The van der Waals surface area contributed by atoms with Crippen molar-refractivity contribution in [1.82, 2.24) is 5.32 Å². The Hall–Kier alpha value is -1.26. The van der Waals surface area contributed by atoms with Crippen molar-refractivity contribution in [3.8, 4) is 0 Å². The maximum absolute atomic E-state index is 12.3. The SMILES string of the molecule is C[C@H](C(=O)NC(C)(C)C)[NH+]1CCN(c2cccc(Cl)c2)CC1. The Labute approximate surface area is 138 Å². The van der Waals surface area contributed by atoms with Gasteiger partial charge < -0.3 is 15.1 Å². The van der Waals surface area contributed by atoms with Crippen LogP contribution in [0, 0.1) is 0 Å². The van der Waals surface area contributed by atoms with Gasteiger partial charge in [-0.3, -0.25) is 4.79 Å². The molecule has 0 unspecified atom stereocenters. The first-order valence-corrected chi connectivity index (χ1v) is 8.31. The largest absolute Gasteiger partial charge is 0.360 e. The molecule has 1 aliphatic rings. The first-order chi connectivity index (χ1) is 10.3. The molecule has 1 aromatic rings. The zero-order chi connectivity index (χ0) is 16.3. The highest BCUT2D eigenvalue weighted by Crippen LogP contribution is 2.19. The van der Waals surface area contributed by atoms with Crippen LogP contribution in [0.4, 0.5) is 5.69 Å². The van der Waals surface area contributed by atoms with Gasteiger partial charge in [0.1, 0.15) is 0 Å². The van der Waals surface area contributed by atoms with Gasteiger partial charge in [-0.2, -0.15) is 0 Å². The van der Waals surface area contributed by atoms with Crippen molar-refractivity contribution in [2.45, 2.75) is 39.3 Å². The van der Waals surface area contributed by atoms with Gasteiger partial charge in [0.25, 0.3) is 5.91 Å². The molecule has 0 aliphatic carbocycles. The minimum Gasteiger partial charge on any atom is -0.360 e. The number of rotatable bonds is 3. The predicted molar refractivity (Wildman–Crippen MR) is 91.7 cm³/mol. The van der Waals surface area contributed by atoms with E-state index in [0.29, 0.717) is 0 Å². The monoisotopic (exact) mass is 324 g/mol. The van der Waals surface area contributed by atoms with Crippen molar-refractivity contribution in [1.29, 1.82) is 0 Å². The lowest BCUT2D eigenvalue weighted by molar-refractivity contribution is -0.914. The summed E-state index contributed by atoms with van der Waals surface area (Å²) >= 11 is 6.06. The van der Waals surface area contributed by atoms with Gasteiger partial charge in [-0.05, 0) is 45.9 Å². The van der Waals surface area contributed by atoms with Crippen LogP contribution in [-0.4, -0.2) is 43.7 Å². The summed E-state index contributed by atoms with van der Waals surface area (Å²) in [6.07, 6.45) is 0. The lowest BCUT2D eigenvalue weighted by Crippen LogP contribution is -3.19. The number of carbonyl (C=O) groups is 1. The van der Waals surface area contributed by atoms with Crippen LogP contribution in [0.3, 0.4) is 0 Å². The van der Waals surface area contributed by atoms with E-state index in [-0.39, 0.29) is 17.5 Å². The fourth-order valence-corrected chi connectivity index (χ4v) is 3.01. The molecule has 4 nitrogen and oxygen atoms in total. The molecule has 1 atom stereocenters. The molecule has 1 fully saturated rings. The summed E-state index contributed by atoms with van der Waals surface area (Å²) in [5, 5.41) is 3.84. The van der Waals surface area contributed by atoms with E-state index in [0.717, 1.165) is 31.2 Å². The summed E-state index contributed by atoms with van der Waals surface area (Å²) in [7, 11) is 0. The van der Waals surface area contributed by atoms with Crippen LogP contribution in [0.15, 0.2) is 24.3 Å². The highest BCUT2D eigenvalue weighted by atomic mass is 35.5. The lowest BCUT2D eigenvalue weighted by Gasteiger charge is -2.36. The summed E-state index contributed by atoms with van der Waals surface area (Å²) in [6.45, 7) is 11.9. The number of anilines is 1. The van der Waals surface area contributed by atoms with Crippen molar-refractivity contribution in [2.75, 3.05) is 31.1 Å². The third kappa shape index (κ3) is 4.62. The average Bonchev–Trinajstić information content (AvgIpc) is 2.45. The number of piperazine rings is 1. The molecule has 122 valence electrons. The van der Waals surface area contributed by atoms with Gasteiger partial charge in [0, 0.05) is 16.2 Å². The molecule has 0 radical (unpaired) electrons. The average molecular weight is 325 g/mol. The van der Waals surface area contributed by atoms with Crippen LogP contribution in [0.1, 0.15) is 27.7 Å². The van der Waals surface area contributed by atoms with E-state index >= 15 is 0 Å². The summed E-state index contributed by atoms with van der Waals surface area (Å²) < 4.78 is 0. The van der Waals surface area contributed by atoms with Crippen LogP contribution in [0.25, 0.3) is 0 Å². The molecule has 22 heavy (non-hydrogen) atoms. The Balaban J connectivity index is 1.90. The zero-order valence-corrected chi connectivity index (χ0v) is 14.7. The molecule has 0 spiro atoms. The number of nitrogens with one attached hydrogen (secondary N) is 2. The third-order valence-corrected chi connectivity index (χ3v) is 4.32. The maximum atomic E-state index is 12.3. The second kappa shape index (κ2) is 6.88. The molecule has 1 amide bonds. The van der Waals surface area contributed by atoms with Crippen molar-refractivity contribution < 1.29 is 9.69 Å². The Morgan fingerprint density at radius 1 is 1.32 bits per heavy atom. The molecular weight excluding hydrogens is 298 g/mol. The van der Waals surface area contributed by atoms with Gasteiger partial charge >= 0.3 is 0 Å². The second-order valence-corrected chi connectivity index (χ2v) is 7.52. The molecule has 0 saturated carbocycles. The Morgan fingerprint density at radius 3 is 2.50 bits per heavy atom. The normalized spacial score (nSPS) is 18.1. The summed E-state index contributed by atoms with van der Waals surface area (Å²) in [5.41, 5.74) is 0.992. The minimum atomic E-state index is -0.173. The van der Waals surface area contributed by atoms with Crippen molar-refractivity contribution in [3.05, 3.63) is 29.3 Å². The number of hydrogen-bond donors (Lipinski definition) is 2. The number of hydrogen-bond acceptors (Lipinski definition) is 2. The van der Waals surface area contributed by atoms with Crippen molar-refractivity contribution in [2.24, 2.45) is 0 Å². The number of amides is 1. The van der Waals surface area contributed by atoms with Crippen molar-refractivity contribution >= 4 is 23.2 Å². The number of benzene rings is 1. The van der Waals surface area contributed by atoms with Crippen LogP contribution >= 0.6 is 11.6 Å². The first-order valence-electron chi connectivity index (χ1n) is 7.93. The highest BCUT2D eigenvalue weighted by molar-refractivity contribution is 6.30. The van der Waals surface area contributed by atoms with Crippen LogP contribution in [-0.2, 0) is 4.79 Å². The molecule has 1 saturated heterocycles. The summed E-state index contributed by atoms with van der Waals surface area (Å²) in [4.78, 5) is 16.0. The Kier molecular flexibility index (Phi) is 5.35. The van der Waals surface area contributed by atoms with Gasteiger partial charge in [0.15, 0.2) is 6.04 Å². The van der Waals surface area contributed by atoms with Gasteiger partial charge in [-0.1, -0.05) is 17.7 Å². The first kappa shape index (κ1) is 17.1. The lowest BCUT2D eigenvalue weighted by atomic mass is 10.1. The van der Waals surface area contributed by atoms with E-state index in [1.165, 1.54) is 10.6 Å². The Bertz CT molecular complexity index is 519. The van der Waals surface area contributed by atoms with Crippen molar-refractivity contribution in [3.63, 3.8) is 0 Å². The fraction of sp³-hybridized carbons (Fsp3) is 0.588. The molecular formula is C17H27ClN3O+. The second-order valence-electron chi connectivity index (χ2n) is 7.09. The highest BCUT2D eigenvalue weighted by Gasteiger charge is 2.30. The third-order valence-electron chi connectivity index (χ3n) is 4.08. The maximum Gasteiger partial charge on any atom is 0.278 e. The Morgan fingerprint density at radius 2 is 1.95 bits per heavy atom. The molecule has 1 aliphatic heterocycles. The molecule has 2 N–H and O–H groups in total. The van der Waals surface area contributed by atoms with Crippen LogP contribution in [0.2, 0.25) is 5.02 Å².